The van der Waals surface area contributed by atoms with E-state index in [1.54, 1.807) is 13.0 Å². The molecule has 2 aromatic heterocycles. The zero-order chi connectivity index (χ0) is 27.3. The summed E-state index contributed by atoms with van der Waals surface area (Å²) >= 11 is 0. The van der Waals surface area contributed by atoms with Crippen molar-refractivity contribution in [3.8, 4) is 5.88 Å². The maximum absolute atomic E-state index is 14.1. The Labute approximate surface area is 221 Å². The Bertz CT molecular complexity index is 1400. The molecule has 1 unspecified atom stereocenters. The molecule has 0 saturated heterocycles. The number of fused-ring (bicyclic) bond motifs is 1. The number of pyridine rings is 1. The van der Waals surface area contributed by atoms with Gasteiger partial charge in [-0.2, -0.15) is 5.10 Å². The lowest BCUT2D eigenvalue weighted by atomic mass is 9.91. The lowest BCUT2D eigenvalue weighted by molar-refractivity contribution is 0.0927. The van der Waals surface area contributed by atoms with Gasteiger partial charge in [-0.15, -0.1) is 0 Å². The first-order chi connectivity index (χ1) is 18.1. The molecule has 0 amide bonds. The van der Waals surface area contributed by atoms with Gasteiger partial charge in [0, 0.05) is 24.6 Å². The monoisotopic (exact) mass is 521 g/mol. The Morgan fingerprint density at radius 1 is 1.00 bits per heavy atom. The number of rotatable bonds is 12. The molecule has 4 aromatic rings. The third-order valence-corrected chi connectivity index (χ3v) is 6.58. The standard InChI is InChI=1S/C30H33F2N3O3/c1-20-16-26-29(27(36)12-13-30(3,33)14-15-37-18-22-8-5-4-6-9-22)21(2)34-35(26)28(17-20)38-19-23-24(31)10-7-11-25(23)32/h4-11,16-17H,12-15,18-19,33H2,1-3H3. The number of ketones is 1. The zero-order valence-electron chi connectivity index (χ0n) is 22.0. The van der Waals surface area contributed by atoms with Crippen LogP contribution in [-0.2, 0) is 18.0 Å². The number of benzene rings is 2. The number of hydrogen-bond donors (Lipinski definition) is 1. The van der Waals surface area contributed by atoms with Gasteiger partial charge < -0.3 is 15.2 Å². The highest BCUT2D eigenvalue weighted by molar-refractivity contribution is 6.03. The normalized spacial score (nSPS) is 13.0. The molecule has 38 heavy (non-hydrogen) atoms. The molecule has 2 N–H and O–H groups in total. The second-order valence-electron chi connectivity index (χ2n) is 9.98. The molecule has 0 aliphatic heterocycles. The lowest BCUT2D eigenvalue weighted by Crippen LogP contribution is -2.38. The van der Waals surface area contributed by atoms with Crippen molar-refractivity contribution in [3.05, 3.63) is 100 Å². The van der Waals surface area contributed by atoms with Crippen molar-refractivity contribution in [1.82, 2.24) is 9.61 Å². The Morgan fingerprint density at radius 3 is 2.42 bits per heavy atom. The van der Waals surface area contributed by atoms with Crippen LogP contribution in [0.4, 0.5) is 8.78 Å². The van der Waals surface area contributed by atoms with E-state index in [-0.39, 0.29) is 24.4 Å². The fourth-order valence-corrected chi connectivity index (χ4v) is 4.34. The van der Waals surface area contributed by atoms with Crippen LogP contribution in [0.25, 0.3) is 5.52 Å². The van der Waals surface area contributed by atoms with Crippen LogP contribution in [0.1, 0.15) is 58.9 Å². The molecule has 0 saturated carbocycles. The minimum Gasteiger partial charge on any atom is -0.473 e. The molecule has 0 spiro atoms. The van der Waals surface area contributed by atoms with Crippen molar-refractivity contribution in [3.63, 3.8) is 0 Å². The van der Waals surface area contributed by atoms with Gasteiger partial charge in [-0.25, -0.2) is 13.3 Å². The van der Waals surface area contributed by atoms with Crippen LogP contribution < -0.4 is 10.5 Å². The van der Waals surface area contributed by atoms with Gasteiger partial charge in [0.1, 0.15) is 18.2 Å². The van der Waals surface area contributed by atoms with Gasteiger partial charge in [0.25, 0.3) is 0 Å². The predicted molar refractivity (Wildman–Crippen MR) is 142 cm³/mol. The first-order valence-electron chi connectivity index (χ1n) is 12.6. The number of carbonyl (C=O) groups is 1. The second kappa shape index (κ2) is 11.8. The summed E-state index contributed by atoms with van der Waals surface area (Å²) in [6.45, 7) is 6.25. The molecule has 1 atom stereocenters. The summed E-state index contributed by atoms with van der Waals surface area (Å²) < 4.78 is 41.2. The maximum Gasteiger partial charge on any atom is 0.215 e. The third kappa shape index (κ3) is 6.62. The summed E-state index contributed by atoms with van der Waals surface area (Å²) in [5.74, 6) is -1.14. The van der Waals surface area contributed by atoms with Gasteiger partial charge in [0.2, 0.25) is 5.88 Å². The van der Waals surface area contributed by atoms with E-state index in [0.29, 0.717) is 48.7 Å². The van der Waals surface area contributed by atoms with Gasteiger partial charge in [-0.05, 0) is 62.9 Å². The number of hydrogen-bond acceptors (Lipinski definition) is 5. The fraction of sp³-hybridized carbons (Fsp3) is 0.333. The van der Waals surface area contributed by atoms with Crippen molar-refractivity contribution in [2.75, 3.05) is 6.61 Å². The van der Waals surface area contributed by atoms with Gasteiger partial charge >= 0.3 is 0 Å². The SMILES string of the molecule is Cc1cc(OCc2c(F)cccc2F)n2nc(C)c(C(=O)CCC(C)(N)CCOCc3ccccc3)c2c1. The van der Waals surface area contributed by atoms with Gasteiger partial charge in [0.05, 0.1) is 28.9 Å². The average Bonchev–Trinajstić information content (AvgIpc) is 3.21. The summed E-state index contributed by atoms with van der Waals surface area (Å²) in [5, 5.41) is 4.50. The third-order valence-electron chi connectivity index (χ3n) is 6.58. The summed E-state index contributed by atoms with van der Waals surface area (Å²) in [5.41, 5.74) is 9.29. The molecule has 4 rings (SSSR count). The van der Waals surface area contributed by atoms with Crippen molar-refractivity contribution in [2.45, 2.75) is 58.8 Å². The van der Waals surface area contributed by atoms with Crippen LogP contribution in [-0.4, -0.2) is 27.5 Å². The molecule has 0 aliphatic rings. The highest BCUT2D eigenvalue weighted by atomic mass is 19.1. The summed E-state index contributed by atoms with van der Waals surface area (Å²) in [4.78, 5) is 13.3. The number of nitrogens with zero attached hydrogens (tertiary/aromatic N) is 2. The number of aromatic nitrogens is 2. The topological polar surface area (TPSA) is 78.9 Å². The Balaban J connectivity index is 1.42. The number of ether oxygens (including phenoxy) is 2. The Hall–Kier alpha value is -3.62. The average molecular weight is 522 g/mol. The van der Waals surface area contributed by atoms with E-state index in [1.807, 2.05) is 50.2 Å². The summed E-state index contributed by atoms with van der Waals surface area (Å²) in [6, 6.07) is 17.2. The highest BCUT2D eigenvalue weighted by Gasteiger charge is 2.24. The van der Waals surface area contributed by atoms with Crippen LogP contribution in [0.3, 0.4) is 0 Å². The van der Waals surface area contributed by atoms with E-state index in [1.165, 1.54) is 22.7 Å². The Kier molecular flexibility index (Phi) is 8.54. The fourth-order valence-electron chi connectivity index (χ4n) is 4.34. The van der Waals surface area contributed by atoms with E-state index < -0.39 is 17.2 Å². The number of carbonyl (C=O) groups excluding carboxylic acids is 1. The summed E-state index contributed by atoms with van der Waals surface area (Å²) in [6.07, 6.45) is 1.35. The lowest BCUT2D eigenvalue weighted by Gasteiger charge is -2.24. The van der Waals surface area contributed by atoms with Crippen molar-refractivity contribution < 1.29 is 23.0 Å². The van der Waals surface area contributed by atoms with Crippen LogP contribution in [0.2, 0.25) is 0 Å². The van der Waals surface area contributed by atoms with E-state index in [9.17, 15) is 13.6 Å². The minimum atomic E-state index is -0.684. The van der Waals surface area contributed by atoms with Crippen molar-refractivity contribution in [1.29, 1.82) is 0 Å². The molecular formula is C30H33F2N3O3. The van der Waals surface area contributed by atoms with E-state index in [2.05, 4.69) is 5.10 Å². The maximum atomic E-state index is 14.1. The quantitative estimate of drug-likeness (QED) is 0.180. The first-order valence-corrected chi connectivity index (χ1v) is 12.6. The van der Waals surface area contributed by atoms with Gasteiger partial charge in [-0.1, -0.05) is 36.4 Å². The molecule has 2 heterocycles. The Morgan fingerprint density at radius 2 is 1.71 bits per heavy atom. The van der Waals surface area contributed by atoms with E-state index >= 15 is 0 Å². The van der Waals surface area contributed by atoms with Crippen LogP contribution in [0, 0.1) is 25.5 Å². The smallest absolute Gasteiger partial charge is 0.215 e. The van der Waals surface area contributed by atoms with E-state index in [4.69, 9.17) is 15.2 Å². The molecule has 0 fully saturated rings. The predicted octanol–water partition coefficient (Wildman–Crippen LogP) is 6.10. The molecule has 0 aliphatic carbocycles. The number of Topliss-reactive ketones (excluding diaryl/α,β-unsaturated/α-hetero) is 1. The number of aryl methyl sites for hydroxylation is 2. The number of nitrogens with two attached hydrogens (primary N) is 1. The minimum absolute atomic E-state index is 0.0731. The van der Waals surface area contributed by atoms with Crippen LogP contribution in [0.5, 0.6) is 5.88 Å². The van der Waals surface area contributed by atoms with Crippen LogP contribution >= 0.6 is 0 Å². The van der Waals surface area contributed by atoms with E-state index in [0.717, 1.165) is 11.1 Å². The summed E-state index contributed by atoms with van der Waals surface area (Å²) in [7, 11) is 0. The van der Waals surface area contributed by atoms with Crippen molar-refractivity contribution >= 4 is 11.3 Å². The second-order valence-corrected chi connectivity index (χ2v) is 9.98. The molecule has 6 nitrogen and oxygen atoms in total. The molecule has 2 aromatic carbocycles. The van der Waals surface area contributed by atoms with Crippen LogP contribution in [0.15, 0.2) is 60.7 Å². The zero-order valence-corrected chi connectivity index (χ0v) is 22.0. The largest absolute Gasteiger partial charge is 0.473 e. The number of halogens is 2. The first kappa shape index (κ1) is 27.4. The molecular weight excluding hydrogens is 488 g/mol. The highest BCUT2D eigenvalue weighted by Crippen LogP contribution is 2.27. The molecule has 200 valence electrons. The van der Waals surface area contributed by atoms with Gasteiger partial charge in [0.15, 0.2) is 5.78 Å². The molecule has 0 bridgehead atoms. The molecule has 0 radical (unpaired) electrons. The van der Waals surface area contributed by atoms with Gasteiger partial charge in [-0.3, -0.25) is 4.79 Å². The van der Waals surface area contributed by atoms with Crippen molar-refractivity contribution in [2.24, 2.45) is 5.73 Å². The molecule has 8 heteroatoms.